The van der Waals surface area contributed by atoms with Crippen molar-refractivity contribution in [1.82, 2.24) is 5.32 Å². The summed E-state index contributed by atoms with van der Waals surface area (Å²) in [4.78, 5) is 23.3. The summed E-state index contributed by atoms with van der Waals surface area (Å²) in [6, 6.07) is 3.76. The number of hydrogen-bond donors (Lipinski definition) is 1. The minimum Gasteiger partial charge on any atom is -0.483 e. The second kappa shape index (κ2) is 9.28. The monoisotopic (exact) mass is 323 g/mol. The van der Waals surface area contributed by atoms with Gasteiger partial charge in [-0.05, 0) is 44.4 Å². The van der Waals surface area contributed by atoms with Crippen molar-refractivity contribution in [2.75, 3.05) is 6.61 Å². The number of ether oxygens (including phenoxy) is 1. The van der Waals surface area contributed by atoms with Crippen LogP contribution >= 0.6 is 0 Å². The fraction of sp³-hybridized carbons (Fsp3) is 0.556. The van der Waals surface area contributed by atoms with Crippen molar-refractivity contribution in [1.29, 1.82) is 0 Å². The molecule has 0 bridgehead atoms. The van der Waals surface area contributed by atoms with Crippen molar-refractivity contribution in [3.63, 3.8) is 0 Å². The van der Waals surface area contributed by atoms with E-state index in [1.54, 1.807) is 0 Å². The molecule has 0 aliphatic heterocycles. The molecule has 1 aromatic carbocycles. The van der Waals surface area contributed by atoms with Crippen LogP contribution in [-0.2, 0) is 4.79 Å². The zero-order valence-electron chi connectivity index (χ0n) is 14.3. The Labute approximate surface area is 137 Å². The zero-order valence-corrected chi connectivity index (χ0v) is 14.3. The van der Waals surface area contributed by atoms with E-state index in [-0.39, 0.29) is 35.7 Å². The molecule has 1 amide bonds. The van der Waals surface area contributed by atoms with Crippen molar-refractivity contribution in [3.05, 3.63) is 29.6 Å². The van der Waals surface area contributed by atoms with Gasteiger partial charge in [-0.15, -0.1) is 0 Å². The fourth-order valence-electron chi connectivity index (χ4n) is 2.27. The largest absolute Gasteiger partial charge is 0.483 e. The van der Waals surface area contributed by atoms with Crippen molar-refractivity contribution in [2.24, 2.45) is 5.92 Å². The minimum absolute atomic E-state index is 0.0744. The van der Waals surface area contributed by atoms with E-state index in [2.05, 4.69) is 19.2 Å². The third-order valence-corrected chi connectivity index (χ3v) is 3.51. The van der Waals surface area contributed by atoms with Gasteiger partial charge in [-0.25, -0.2) is 4.39 Å². The van der Waals surface area contributed by atoms with Gasteiger partial charge in [-0.1, -0.05) is 26.7 Å². The lowest BCUT2D eigenvalue weighted by Gasteiger charge is -2.15. The predicted molar refractivity (Wildman–Crippen MR) is 88.2 cm³/mol. The summed E-state index contributed by atoms with van der Waals surface area (Å²) >= 11 is 0. The Morgan fingerprint density at radius 3 is 2.52 bits per heavy atom. The van der Waals surface area contributed by atoms with Crippen LogP contribution in [0.15, 0.2) is 18.2 Å². The number of halogens is 1. The van der Waals surface area contributed by atoms with Crippen LogP contribution in [0.2, 0.25) is 0 Å². The maximum atomic E-state index is 13.2. The first-order valence-corrected chi connectivity index (χ1v) is 8.02. The number of carbonyl (C=O) groups is 2. The van der Waals surface area contributed by atoms with E-state index < -0.39 is 5.82 Å². The summed E-state index contributed by atoms with van der Waals surface area (Å²) in [5.41, 5.74) is 0.141. The van der Waals surface area contributed by atoms with Crippen LogP contribution in [0, 0.1) is 11.7 Å². The third-order valence-electron chi connectivity index (χ3n) is 3.51. The highest BCUT2D eigenvalue weighted by molar-refractivity contribution is 5.96. The standard InChI is InChI=1S/C18H26FNO3/c1-12(2)6-5-7-13(3)20-18(22)11-23-17-9-8-15(19)10-16(17)14(4)21/h8-10,12-13H,5-7,11H2,1-4H3,(H,20,22). The van der Waals surface area contributed by atoms with Gasteiger partial charge in [0, 0.05) is 6.04 Å². The molecule has 1 N–H and O–H groups in total. The van der Waals surface area contributed by atoms with Crippen LogP contribution in [0.1, 0.15) is 57.3 Å². The average molecular weight is 323 g/mol. The first-order chi connectivity index (χ1) is 10.8. The molecule has 0 radical (unpaired) electrons. The molecule has 0 saturated heterocycles. The molecule has 0 aromatic heterocycles. The SMILES string of the molecule is CC(=O)c1cc(F)ccc1OCC(=O)NC(C)CCCC(C)C. The Balaban J connectivity index is 2.46. The van der Waals surface area contributed by atoms with Gasteiger partial charge in [0.2, 0.25) is 0 Å². The highest BCUT2D eigenvalue weighted by Crippen LogP contribution is 2.20. The van der Waals surface area contributed by atoms with E-state index in [4.69, 9.17) is 4.74 Å². The van der Waals surface area contributed by atoms with Crippen molar-refractivity contribution in [2.45, 2.75) is 53.0 Å². The molecule has 1 aromatic rings. The maximum absolute atomic E-state index is 13.2. The Kier molecular flexibility index (Phi) is 7.72. The molecule has 0 spiro atoms. The first kappa shape index (κ1) is 19.1. The molecule has 23 heavy (non-hydrogen) atoms. The van der Waals surface area contributed by atoms with Gasteiger partial charge in [0.25, 0.3) is 5.91 Å². The molecule has 0 aliphatic rings. The average Bonchev–Trinajstić information content (AvgIpc) is 2.45. The molecule has 1 rings (SSSR count). The Hall–Kier alpha value is -1.91. The van der Waals surface area contributed by atoms with Crippen LogP contribution < -0.4 is 10.1 Å². The van der Waals surface area contributed by atoms with E-state index >= 15 is 0 Å². The topological polar surface area (TPSA) is 55.4 Å². The number of benzene rings is 1. The van der Waals surface area contributed by atoms with Gasteiger partial charge in [-0.2, -0.15) is 0 Å². The molecule has 128 valence electrons. The summed E-state index contributed by atoms with van der Waals surface area (Å²) in [7, 11) is 0. The van der Waals surface area contributed by atoms with E-state index in [0.29, 0.717) is 5.92 Å². The summed E-state index contributed by atoms with van der Waals surface area (Å²) in [6.45, 7) is 7.44. The maximum Gasteiger partial charge on any atom is 0.258 e. The number of ketones is 1. The molecule has 0 aliphatic carbocycles. The zero-order chi connectivity index (χ0) is 17.4. The smallest absolute Gasteiger partial charge is 0.258 e. The highest BCUT2D eigenvalue weighted by atomic mass is 19.1. The Bertz CT molecular complexity index is 543. The number of hydrogen-bond acceptors (Lipinski definition) is 3. The molecule has 1 unspecified atom stereocenters. The molecule has 1 atom stereocenters. The second-order valence-electron chi connectivity index (χ2n) is 6.28. The van der Waals surface area contributed by atoms with Gasteiger partial charge in [-0.3, -0.25) is 9.59 Å². The molecule has 0 fully saturated rings. The Morgan fingerprint density at radius 2 is 1.91 bits per heavy atom. The van der Waals surface area contributed by atoms with Crippen molar-refractivity contribution >= 4 is 11.7 Å². The third kappa shape index (κ3) is 7.26. The lowest BCUT2D eigenvalue weighted by atomic mass is 10.0. The van der Waals surface area contributed by atoms with E-state index in [0.717, 1.165) is 25.3 Å². The number of nitrogens with one attached hydrogen (secondary N) is 1. The van der Waals surface area contributed by atoms with Gasteiger partial charge in [0.05, 0.1) is 5.56 Å². The van der Waals surface area contributed by atoms with Crippen LogP contribution in [-0.4, -0.2) is 24.3 Å². The van der Waals surface area contributed by atoms with Gasteiger partial charge in [0.1, 0.15) is 11.6 Å². The summed E-state index contributed by atoms with van der Waals surface area (Å²) in [6.07, 6.45) is 3.11. The molecular formula is C18H26FNO3. The van der Waals surface area contributed by atoms with Crippen molar-refractivity contribution in [3.8, 4) is 5.75 Å². The number of amides is 1. The summed E-state index contributed by atoms with van der Waals surface area (Å²) in [5.74, 6) is -0.181. The quantitative estimate of drug-likeness (QED) is 0.704. The lowest BCUT2D eigenvalue weighted by molar-refractivity contribution is -0.123. The number of Topliss-reactive ketones (excluding diaryl/α,β-unsaturated/α-hetero) is 1. The van der Waals surface area contributed by atoms with Crippen LogP contribution in [0.3, 0.4) is 0 Å². The van der Waals surface area contributed by atoms with Crippen LogP contribution in [0.25, 0.3) is 0 Å². The van der Waals surface area contributed by atoms with E-state index in [1.807, 2.05) is 6.92 Å². The number of carbonyl (C=O) groups excluding carboxylic acids is 2. The second-order valence-corrected chi connectivity index (χ2v) is 6.28. The normalized spacial score (nSPS) is 12.1. The minimum atomic E-state index is -0.509. The lowest BCUT2D eigenvalue weighted by Crippen LogP contribution is -2.36. The molecule has 4 nitrogen and oxygen atoms in total. The van der Waals surface area contributed by atoms with Crippen LogP contribution in [0.4, 0.5) is 4.39 Å². The van der Waals surface area contributed by atoms with E-state index in [9.17, 15) is 14.0 Å². The van der Waals surface area contributed by atoms with Gasteiger partial charge in [0.15, 0.2) is 12.4 Å². The Morgan fingerprint density at radius 1 is 1.22 bits per heavy atom. The van der Waals surface area contributed by atoms with Gasteiger partial charge >= 0.3 is 0 Å². The van der Waals surface area contributed by atoms with E-state index in [1.165, 1.54) is 19.1 Å². The predicted octanol–water partition coefficient (Wildman–Crippen LogP) is 3.74. The summed E-state index contributed by atoms with van der Waals surface area (Å²) < 4.78 is 18.5. The molecule has 0 heterocycles. The van der Waals surface area contributed by atoms with Gasteiger partial charge < -0.3 is 10.1 Å². The fourth-order valence-corrected chi connectivity index (χ4v) is 2.27. The molecule has 5 heteroatoms. The number of rotatable bonds is 9. The van der Waals surface area contributed by atoms with Crippen molar-refractivity contribution < 1.29 is 18.7 Å². The summed E-state index contributed by atoms with van der Waals surface area (Å²) in [5, 5.41) is 2.86. The highest BCUT2D eigenvalue weighted by Gasteiger charge is 2.13. The molecular weight excluding hydrogens is 297 g/mol. The first-order valence-electron chi connectivity index (χ1n) is 8.02. The van der Waals surface area contributed by atoms with Crippen LogP contribution in [0.5, 0.6) is 5.75 Å². The molecule has 0 saturated carbocycles.